The van der Waals surface area contributed by atoms with Gasteiger partial charge in [-0.1, -0.05) is 24.3 Å². The molecule has 3 N–H and O–H groups in total. The van der Waals surface area contributed by atoms with Gasteiger partial charge in [-0.2, -0.15) is 0 Å². The summed E-state index contributed by atoms with van der Waals surface area (Å²) in [6.45, 7) is 0.135. The Morgan fingerprint density at radius 3 is 2.06 bits per heavy atom. The molecule has 1 saturated carbocycles. The predicted octanol–water partition coefficient (Wildman–Crippen LogP) is 1.50. The molecule has 2 atom stereocenters. The third-order valence-electron chi connectivity index (χ3n) is 4.71. The van der Waals surface area contributed by atoms with Gasteiger partial charge in [0.15, 0.2) is 0 Å². The Balaban J connectivity index is 2.03. The van der Waals surface area contributed by atoms with Crippen LogP contribution in [0.4, 0.5) is 0 Å². The Kier molecular flexibility index (Phi) is 2.30. The Bertz CT molecular complexity index is 368. The number of hydrogen-bond donors (Lipinski definition) is 2. The first-order valence-electron chi connectivity index (χ1n) is 6.20. The van der Waals surface area contributed by atoms with Crippen molar-refractivity contribution in [3.05, 3.63) is 35.4 Å². The van der Waals surface area contributed by atoms with E-state index in [2.05, 4.69) is 24.3 Å². The summed E-state index contributed by atoms with van der Waals surface area (Å²) in [6, 6.07) is 8.64. The van der Waals surface area contributed by atoms with Gasteiger partial charge in [0.05, 0.1) is 6.61 Å². The average Bonchev–Trinajstić information content (AvgIpc) is 2.52. The van der Waals surface area contributed by atoms with Crippen molar-refractivity contribution >= 4 is 0 Å². The highest BCUT2D eigenvalue weighted by atomic mass is 16.3. The molecule has 3 rings (SSSR count). The predicted molar refractivity (Wildman–Crippen MR) is 64.1 cm³/mol. The van der Waals surface area contributed by atoms with E-state index >= 15 is 0 Å². The average molecular weight is 217 g/mol. The second kappa shape index (κ2) is 3.57. The quantitative estimate of drug-likeness (QED) is 0.749. The fraction of sp³-hybridized carbons (Fsp3) is 0.571. The third-order valence-corrected chi connectivity index (χ3v) is 4.71. The topological polar surface area (TPSA) is 46.2 Å². The smallest absolute Gasteiger partial charge is 0.0616 e. The van der Waals surface area contributed by atoms with E-state index in [4.69, 9.17) is 5.73 Å². The molecule has 86 valence electrons. The fourth-order valence-corrected chi connectivity index (χ4v) is 3.60. The standard InChI is InChI=1S/C14H19NO/c15-14(9-16)12-5-6-13(14)8-11-4-2-1-3-10(11)7-12/h1-4,12-13,16H,5-9,15H2. The van der Waals surface area contributed by atoms with E-state index in [0.29, 0.717) is 11.8 Å². The largest absolute Gasteiger partial charge is 0.394 e. The van der Waals surface area contributed by atoms with Crippen molar-refractivity contribution in [3.63, 3.8) is 0 Å². The Morgan fingerprint density at radius 2 is 1.62 bits per heavy atom. The zero-order valence-electron chi connectivity index (χ0n) is 9.52. The molecule has 1 aromatic rings. The third kappa shape index (κ3) is 1.33. The summed E-state index contributed by atoms with van der Waals surface area (Å²) < 4.78 is 0. The highest BCUT2D eigenvalue weighted by molar-refractivity contribution is 5.32. The van der Waals surface area contributed by atoms with Gasteiger partial charge in [0, 0.05) is 5.54 Å². The number of aliphatic hydroxyl groups excluding tert-OH is 1. The number of aliphatic hydroxyl groups is 1. The van der Waals surface area contributed by atoms with Crippen molar-refractivity contribution in [2.45, 2.75) is 31.2 Å². The van der Waals surface area contributed by atoms with E-state index in [1.807, 2.05) is 0 Å². The van der Waals surface area contributed by atoms with E-state index in [1.54, 1.807) is 0 Å². The zero-order chi connectivity index (χ0) is 11.2. The van der Waals surface area contributed by atoms with Crippen LogP contribution in [0, 0.1) is 11.8 Å². The normalized spacial score (nSPS) is 36.9. The Hall–Kier alpha value is -0.860. The van der Waals surface area contributed by atoms with Crippen LogP contribution in [0.3, 0.4) is 0 Å². The molecule has 0 heterocycles. The van der Waals surface area contributed by atoms with Crippen LogP contribution >= 0.6 is 0 Å². The SMILES string of the molecule is NC1(CO)C2CCC1Cc1ccccc1C2. The molecule has 2 bridgehead atoms. The minimum atomic E-state index is -0.334. The molecule has 0 amide bonds. The summed E-state index contributed by atoms with van der Waals surface area (Å²) in [6.07, 6.45) is 4.44. The first-order chi connectivity index (χ1) is 7.74. The first kappa shape index (κ1) is 10.3. The van der Waals surface area contributed by atoms with E-state index in [9.17, 15) is 5.11 Å². The molecular formula is C14H19NO. The van der Waals surface area contributed by atoms with Gasteiger partial charge >= 0.3 is 0 Å². The lowest BCUT2D eigenvalue weighted by Crippen LogP contribution is -2.52. The van der Waals surface area contributed by atoms with Crippen LogP contribution in [0.25, 0.3) is 0 Å². The minimum Gasteiger partial charge on any atom is -0.394 e. The van der Waals surface area contributed by atoms with Crippen molar-refractivity contribution in [1.82, 2.24) is 0 Å². The molecule has 2 aliphatic carbocycles. The number of hydrogen-bond acceptors (Lipinski definition) is 2. The molecule has 0 spiro atoms. The van der Waals surface area contributed by atoms with Crippen LogP contribution in [0.15, 0.2) is 24.3 Å². The summed E-state index contributed by atoms with van der Waals surface area (Å²) in [5.74, 6) is 0.928. The molecule has 0 aliphatic heterocycles. The minimum absolute atomic E-state index is 0.135. The number of nitrogens with two attached hydrogens (primary N) is 1. The van der Waals surface area contributed by atoms with Gasteiger partial charge in [0.2, 0.25) is 0 Å². The molecule has 1 aromatic carbocycles. The van der Waals surface area contributed by atoms with E-state index in [1.165, 1.54) is 24.0 Å². The molecule has 0 aromatic heterocycles. The Morgan fingerprint density at radius 1 is 1.12 bits per heavy atom. The monoisotopic (exact) mass is 217 g/mol. The van der Waals surface area contributed by atoms with E-state index in [0.717, 1.165) is 12.8 Å². The van der Waals surface area contributed by atoms with Crippen molar-refractivity contribution in [2.24, 2.45) is 17.6 Å². The van der Waals surface area contributed by atoms with Crippen LogP contribution in [0.5, 0.6) is 0 Å². The molecule has 2 nitrogen and oxygen atoms in total. The summed E-state index contributed by atoms with van der Waals surface area (Å²) in [5.41, 5.74) is 8.99. The van der Waals surface area contributed by atoms with Crippen molar-refractivity contribution in [2.75, 3.05) is 6.61 Å². The van der Waals surface area contributed by atoms with Gasteiger partial charge in [-0.05, 0) is 48.6 Å². The molecular weight excluding hydrogens is 198 g/mol. The maximum atomic E-state index is 9.61. The second-order valence-corrected chi connectivity index (χ2v) is 5.42. The fourth-order valence-electron chi connectivity index (χ4n) is 3.60. The molecule has 2 aliphatic rings. The molecule has 1 fully saturated rings. The van der Waals surface area contributed by atoms with Crippen LogP contribution in [-0.4, -0.2) is 17.3 Å². The summed E-state index contributed by atoms with van der Waals surface area (Å²) in [4.78, 5) is 0. The van der Waals surface area contributed by atoms with Gasteiger partial charge in [-0.25, -0.2) is 0 Å². The lowest BCUT2D eigenvalue weighted by molar-refractivity contribution is 0.127. The molecule has 2 unspecified atom stereocenters. The first-order valence-corrected chi connectivity index (χ1v) is 6.20. The van der Waals surface area contributed by atoms with Crippen molar-refractivity contribution < 1.29 is 5.11 Å². The number of benzene rings is 1. The lowest BCUT2D eigenvalue weighted by Gasteiger charge is -2.33. The van der Waals surface area contributed by atoms with E-state index in [-0.39, 0.29) is 12.1 Å². The number of rotatable bonds is 1. The molecule has 16 heavy (non-hydrogen) atoms. The Labute approximate surface area is 96.5 Å². The van der Waals surface area contributed by atoms with Crippen LogP contribution in [0.1, 0.15) is 24.0 Å². The molecule has 0 saturated heterocycles. The van der Waals surface area contributed by atoms with Gasteiger partial charge < -0.3 is 10.8 Å². The van der Waals surface area contributed by atoms with Gasteiger partial charge in [-0.3, -0.25) is 0 Å². The van der Waals surface area contributed by atoms with Crippen LogP contribution < -0.4 is 5.73 Å². The maximum absolute atomic E-state index is 9.61. The molecule has 2 heteroatoms. The highest BCUT2D eigenvalue weighted by Gasteiger charge is 2.48. The van der Waals surface area contributed by atoms with E-state index < -0.39 is 0 Å². The van der Waals surface area contributed by atoms with Gasteiger partial charge in [0.25, 0.3) is 0 Å². The lowest BCUT2D eigenvalue weighted by atomic mass is 9.80. The van der Waals surface area contributed by atoms with Crippen molar-refractivity contribution in [3.8, 4) is 0 Å². The second-order valence-electron chi connectivity index (χ2n) is 5.42. The van der Waals surface area contributed by atoms with Crippen LogP contribution in [-0.2, 0) is 12.8 Å². The van der Waals surface area contributed by atoms with Gasteiger partial charge in [-0.15, -0.1) is 0 Å². The zero-order valence-corrected chi connectivity index (χ0v) is 9.52. The maximum Gasteiger partial charge on any atom is 0.0616 e. The summed E-state index contributed by atoms with van der Waals surface area (Å²) >= 11 is 0. The van der Waals surface area contributed by atoms with Gasteiger partial charge in [0.1, 0.15) is 0 Å². The molecule has 0 radical (unpaired) electrons. The highest BCUT2D eigenvalue weighted by Crippen LogP contribution is 2.45. The van der Waals surface area contributed by atoms with Crippen LogP contribution in [0.2, 0.25) is 0 Å². The summed E-state index contributed by atoms with van der Waals surface area (Å²) in [7, 11) is 0. The van der Waals surface area contributed by atoms with Crippen molar-refractivity contribution in [1.29, 1.82) is 0 Å². The number of fused-ring (bicyclic) bond motifs is 3. The summed E-state index contributed by atoms with van der Waals surface area (Å²) in [5, 5.41) is 9.61.